The largest absolute Gasteiger partial charge is 0.493 e. The summed E-state index contributed by atoms with van der Waals surface area (Å²) in [6.45, 7) is 4.57. The van der Waals surface area contributed by atoms with Gasteiger partial charge in [0, 0.05) is 0 Å². The zero-order chi connectivity index (χ0) is 21.2. The molecule has 1 saturated heterocycles. The first-order chi connectivity index (χ1) is 14.0. The number of rotatable bonds is 11. The average molecular weight is 422 g/mol. The van der Waals surface area contributed by atoms with Gasteiger partial charge in [0.2, 0.25) is 0 Å². The molecular weight excluding hydrogens is 394 g/mol. The number of hydrogen-bond acceptors (Lipinski definition) is 7. The summed E-state index contributed by atoms with van der Waals surface area (Å²) >= 11 is 0.800. The van der Waals surface area contributed by atoms with Gasteiger partial charge in [0.1, 0.15) is 6.54 Å². The fraction of sp³-hybridized carbons (Fsp3) is 0.476. The standard InChI is InChI=1S/C21H27NO6S/c1-4-6-10-27-16-9-8-15(12-17(16)26-3)13-18-20(24)22(21(25)29-18)14-19(23)28-11-7-5-2/h8-9,12-13H,4-7,10-11,14H2,1-3H3/b18-13-. The fourth-order valence-corrected chi connectivity index (χ4v) is 3.35. The summed E-state index contributed by atoms with van der Waals surface area (Å²) in [4.78, 5) is 37.7. The van der Waals surface area contributed by atoms with Crippen LogP contribution in [0.4, 0.5) is 4.79 Å². The Morgan fingerprint density at radius 3 is 2.52 bits per heavy atom. The Kier molecular flexibility index (Phi) is 9.05. The third-order valence-corrected chi connectivity index (χ3v) is 5.07. The van der Waals surface area contributed by atoms with Crippen LogP contribution in [0.15, 0.2) is 23.1 Å². The number of esters is 1. The number of thioether (sulfide) groups is 1. The molecule has 1 fully saturated rings. The molecule has 0 aromatic heterocycles. The van der Waals surface area contributed by atoms with Crippen molar-refractivity contribution in [2.75, 3.05) is 26.9 Å². The molecule has 0 bridgehead atoms. The van der Waals surface area contributed by atoms with E-state index in [-0.39, 0.29) is 18.1 Å². The second-order valence-corrected chi connectivity index (χ2v) is 7.45. The van der Waals surface area contributed by atoms with Gasteiger partial charge in [0.05, 0.1) is 25.2 Å². The van der Waals surface area contributed by atoms with Crippen LogP contribution in [0.5, 0.6) is 11.5 Å². The highest BCUT2D eigenvalue weighted by molar-refractivity contribution is 8.18. The lowest BCUT2D eigenvalue weighted by Crippen LogP contribution is -2.34. The number of ether oxygens (including phenoxy) is 3. The highest BCUT2D eigenvalue weighted by Gasteiger charge is 2.36. The van der Waals surface area contributed by atoms with Crippen LogP contribution in [0.3, 0.4) is 0 Å². The van der Waals surface area contributed by atoms with Gasteiger partial charge in [-0.05, 0) is 48.4 Å². The van der Waals surface area contributed by atoms with E-state index in [0.29, 0.717) is 23.7 Å². The lowest BCUT2D eigenvalue weighted by atomic mass is 10.2. The lowest BCUT2D eigenvalue weighted by Gasteiger charge is -2.12. The number of amides is 2. The van der Waals surface area contributed by atoms with E-state index in [4.69, 9.17) is 14.2 Å². The number of hydrogen-bond donors (Lipinski definition) is 0. The summed E-state index contributed by atoms with van der Waals surface area (Å²) in [6, 6.07) is 5.31. The minimum atomic E-state index is -0.586. The molecule has 29 heavy (non-hydrogen) atoms. The summed E-state index contributed by atoms with van der Waals surface area (Å²) in [5.41, 5.74) is 0.695. The molecule has 8 heteroatoms. The first-order valence-electron chi connectivity index (χ1n) is 9.72. The third-order valence-electron chi connectivity index (χ3n) is 4.16. The Morgan fingerprint density at radius 2 is 1.83 bits per heavy atom. The van der Waals surface area contributed by atoms with Gasteiger partial charge in [-0.2, -0.15) is 0 Å². The zero-order valence-electron chi connectivity index (χ0n) is 17.1. The second-order valence-electron chi connectivity index (χ2n) is 6.45. The van der Waals surface area contributed by atoms with Gasteiger partial charge in [-0.15, -0.1) is 0 Å². The molecule has 0 radical (unpaired) electrons. The van der Waals surface area contributed by atoms with E-state index in [2.05, 4.69) is 6.92 Å². The molecule has 7 nitrogen and oxygen atoms in total. The summed E-state index contributed by atoms with van der Waals surface area (Å²) in [7, 11) is 1.55. The Hall–Kier alpha value is -2.48. The van der Waals surface area contributed by atoms with E-state index in [9.17, 15) is 14.4 Å². The molecule has 1 aliphatic rings. The number of carbonyl (C=O) groups is 3. The smallest absolute Gasteiger partial charge is 0.326 e. The zero-order valence-corrected chi connectivity index (χ0v) is 17.9. The number of imide groups is 1. The monoisotopic (exact) mass is 421 g/mol. The van der Waals surface area contributed by atoms with Crippen molar-refractivity contribution in [2.24, 2.45) is 0 Å². The Balaban J connectivity index is 2.07. The maximum atomic E-state index is 12.5. The van der Waals surface area contributed by atoms with E-state index in [1.54, 1.807) is 31.4 Å². The van der Waals surface area contributed by atoms with Gasteiger partial charge >= 0.3 is 5.97 Å². The molecule has 0 saturated carbocycles. The van der Waals surface area contributed by atoms with Gasteiger partial charge < -0.3 is 14.2 Å². The first-order valence-corrected chi connectivity index (χ1v) is 10.5. The van der Waals surface area contributed by atoms with Crippen molar-refractivity contribution >= 4 is 35.0 Å². The van der Waals surface area contributed by atoms with Crippen molar-refractivity contribution in [3.8, 4) is 11.5 Å². The van der Waals surface area contributed by atoms with E-state index in [1.807, 2.05) is 6.92 Å². The maximum Gasteiger partial charge on any atom is 0.326 e. The normalized spacial score (nSPS) is 15.1. The number of unbranched alkanes of at least 4 members (excludes halogenated alkanes) is 2. The maximum absolute atomic E-state index is 12.5. The Labute approximate surface area is 175 Å². The Morgan fingerprint density at radius 1 is 1.10 bits per heavy atom. The molecule has 0 unspecified atom stereocenters. The minimum absolute atomic E-state index is 0.248. The molecule has 1 aromatic rings. The molecule has 1 aromatic carbocycles. The number of methoxy groups -OCH3 is 1. The molecule has 0 spiro atoms. The van der Waals surface area contributed by atoms with Crippen LogP contribution in [0.2, 0.25) is 0 Å². The molecular formula is C21H27NO6S. The van der Waals surface area contributed by atoms with Crippen LogP contribution >= 0.6 is 11.8 Å². The van der Waals surface area contributed by atoms with Crippen LogP contribution in [0, 0.1) is 0 Å². The van der Waals surface area contributed by atoms with Crippen LogP contribution in [-0.2, 0) is 14.3 Å². The first kappa shape index (κ1) is 22.8. The van der Waals surface area contributed by atoms with Crippen molar-refractivity contribution < 1.29 is 28.6 Å². The number of nitrogens with zero attached hydrogens (tertiary/aromatic N) is 1. The van der Waals surface area contributed by atoms with Crippen LogP contribution < -0.4 is 9.47 Å². The predicted octanol–water partition coefficient (Wildman–Crippen LogP) is 4.25. The van der Waals surface area contributed by atoms with E-state index in [1.165, 1.54) is 0 Å². The molecule has 0 aliphatic carbocycles. The fourth-order valence-electron chi connectivity index (χ4n) is 2.51. The van der Waals surface area contributed by atoms with Crippen molar-refractivity contribution in [3.05, 3.63) is 28.7 Å². The van der Waals surface area contributed by atoms with Crippen LogP contribution in [0.1, 0.15) is 45.1 Å². The van der Waals surface area contributed by atoms with Gasteiger partial charge in [0.15, 0.2) is 11.5 Å². The average Bonchev–Trinajstić information content (AvgIpc) is 2.96. The van der Waals surface area contributed by atoms with E-state index >= 15 is 0 Å². The van der Waals surface area contributed by atoms with Crippen molar-refractivity contribution in [3.63, 3.8) is 0 Å². The molecule has 158 valence electrons. The van der Waals surface area contributed by atoms with Gasteiger partial charge in [-0.3, -0.25) is 19.3 Å². The van der Waals surface area contributed by atoms with Crippen LogP contribution in [-0.4, -0.2) is 48.9 Å². The van der Waals surface area contributed by atoms with Crippen LogP contribution in [0.25, 0.3) is 6.08 Å². The third kappa shape index (κ3) is 6.52. The SMILES string of the molecule is CCCCOC(=O)CN1C(=O)S/C(=C\c2ccc(OCCCC)c(OC)c2)C1=O. The summed E-state index contributed by atoms with van der Waals surface area (Å²) < 4.78 is 16.1. The molecule has 1 aliphatic heterocycles. The van der Waals surface area contributed by atoms with Gasteiger partial charge in [-0.1, -0.05) is 32.8 Å². The predicted molar refractivity (Wildman–Crippen MR) is 112 cm³/mol. The topological polar surface area (TPSA) is 82.1 Å². The second kappa shape index (κ2) is 11.5. The highest BCUT2D eigenvalue weighted by Crippen LogP contribution is 2.34. The number of carbonyl (C=O) groups excluding carboxylic acids is 3. The summed E-state index contributed by atoms with van der Waals surface area (Å²) in [5.74, 6) is 0.0848. The van der Waals surface area contributed by atoms with Crippen molar-refractivity contribution in [2.45, 2.75) is 39.5 Å². The lowest BCUT2D eigenvalue weighted by molar-refractivity contribution is -0.146. The van der Waals surface area contributed by atoms with E-state index in [0.717, 1.165) is 42.3 Å². The number of benzene rings is 1. The molecule has 0 N–H and O–H groups in total. The molecule has 0 atom stereocenters. The quantitative estimate of drug-likeness (QED) is 0.300. The van der Waals surface area contributed by atoms with Crippen molar-refractivity contribution in [1.82, 2.24) is 4.90 Å². The Bertz CT molecular complexity index is 776. The molecule has 2 amide bonds. The van der Waals surface area contributed by atoms with E-state index < -0.39 is 17.1 Å². The summed E-state index contributed by atoms with van der Waals surface area (Å²) in [5, 5.41) is -0.486. The van der Waals surface area contributed by atoms with Crippen molar-refractivity contribution in [1.29, 1.82) is 0 Å². The molecule has 1 heterocycles. The minimum Gasteiger partial charge on any atom is -0.493 e. The van der Waals surface area contributed by atoms with Gasteiger partial charge in [-0.25, -0.2) is 0 Å². The molecule has 2 rings (SSSR count). The highest BCUT2D eigenvalue weighted by atomic mass is 32.2. The van der Waals surface area contributed by atoms with Gasteiger partial charge in [0.25, 0.3) is 11.1 Å². The summed E-state index contributed by atoms with van der Waals surface area (Å²) in [6.07, 6.45) is 5.21.